The van der Waals surface area contributed by atoms with Crippen molar-refractivity contribution in [3.8, 4) is 0 Å². The number of nitrogens with two attached hydrogens (primary N) is 1. The van der Waals surface area contributed by atoms with Crippen LogP contribution < -0.4 is 15.8 Å². The van der Waals surface area contributed by atoms with Crippen LogP contribution in [-0.2, 0) is 14.8 Å². The molecule has 1 aromatic rings. The fraction of sp³-hybridized carbons (Fsp3) is 0.333. The second-order valence-corrected chi connectivity index (χ2v) is 6.25. The maximum atomic E-state index is 12.0. The minimum atomic E-state index is -3.70. The molecule has 0 fully saturated rings. The second-order valence-electron chi connectivity index (χ2n) is 4.48. The summed E-state index contributed by atoms with van der Waals surface area (Å²) in [6.07, 6.45) is 0. The molecular weight excluding hydrogens is 296 g/mol. The van der Waals surface area contributed by atoms with E-state index >= 15 is 0 Å². The number of oxime groups is 1. The lowest BCUT2D eigenvalue weighted by Gasteiger charge is -2.12. The number of carbonyl (C=O) groups is 1. The summed E-state index contributed by atoms with van der Waals surface area (Å²) in [5, 5.41) is 13.9. The lowest BCUT2D eigenvalue weighted by atomic mass is 10.2. The van der Waals surface area contributed by atoms with Crippen molar-refractivity contribution in [1.29, 1.82) is 0 Å². The molecule has 0 spiro atoms. The number of hydrogen-bond acceptors (Lipinski definition) is 5. The van der Waals surface area contributed by atoms with Gasteiger partial charge in [0.2, 0.25) is 15.9 Å². The van der Waals surface area contributed by atoms with Gasteiger partial charge in [-0.15, -0.1) is 0 Å². The summed E-state index contributed by atoms with van der Waals surface area (Å²) in [5.41, 5.74) is 5.88. The Balaban J connectivity index is 2.77. The summed E-state index contributed by atoms with van der Waals surface area (Å²) in [6.45, 7) is 2.99. The van der Waals surface area contributed by atoms with Crippen molar-refractivity contribution in [2.45, 2.75) is 18.7 Å². The quantitative estimate of drug-likeness (QED) is 0.259. The molecule has 116 valence electrons. The van der Waals surface area contributed by atoms with Crippen molar-refractivity contribution in [1.82, 2.24) is 4.72 Å². The summed E-state index contributed by atoms with van der Waals surface area (Å²) >= 11 is 0. The number of hydrogen-bond donors (Lipinski definition) is 4. The van der Waals surface area contributed by atoms with Crippen LogP contribution in [0.4, 0.5) is 5.69 Å². The van der Waals surface area contributed by atoms with Gasteiger partial charge in [-0.25, -0.2) is 13.1 Å². The summed E-state index contributed by atoms with van der Waals surface area (Å²) in [5.74, 6) is -0.738. The predicted octanol–water partition coefficient (Wildman–Crippen LogP) is 0.306. The zero-order chi connectivity index (χ0) is 16.0. The molecule has 21 heavy (non-hydrogen) atoms. The number of rotatable bonds is 6. The summed E-state index contributed by atoms with van der Waals surface area (Å²) in [7, 11) is -3.70. The van der Waals surface area contributed by atoms with E-state index in [1.54, 1.807) is 6.92 Å². The summed E-state index contributed by atoms with van der Waals surface area (Å²) in [4.78, 5) is 10.9. The van der Waals surface area contributed by atoms with Crippen LogP contribution in [0.2, 0.25) is 0 Å². The zero-order valence-corrected chi connectivity index (χ0v) is 12.5. The molecule has 9 heteroatoms. The van der Waals surface area contributed by atoms with Gasteiger partial charge < -0.3 is 16.3 Å². The van der Waals surface area contributed by atoms with Gasteiger partial charge in [-0.05, 0) is 24.3 Å². The highest BCUT2D eigenvalue weighted by Crippen LogP contribution is 2.14. The van der Waals surface area contributed by atoms with Crippen molar-refractivity contribution in [2.24, 2.45) is 16.8 Å². The monoisotopic (exact) mass is 314 g/mol. The molecule has 1 rings (SSSR count). The van der Waals surface area contributed by atoms with E-state index in [0.29, 0.717) is 5.69 Å². The van der Waals surface area contributed by atoms with Crippen molar-refractivity contribution in [3.63, 3.8) is 0 Å². The van der Waals surface area contributed by atoms with E-state index in [0.717, 1.165) is 0 Å². The van der Waals surface area contributed by atoms with Crippen LogP contribution in [0.5, 0.6) is 0 Å². The Labute approximate surface area is 123 Å². The highest BCUT2D eigenvalue weighted by atomic mass is 32.2. The molecule has 1 amide bonds. The van der Waals surface area contributed by atoms with Crippen molar-refractivity contribution < 1.29 is 18.4 Å². The number of benzene rings is 1. The average molecular weight is 314 g/mol. The SMILES string of the molecule is CC(=O)Nc1ccc(S(=O)(=O)NCC(C)C(N)=NO)cc1. The standard InChI is InChI=1S/C12H18N4O4S/c1-8(12(13)16-18)7-14-21(19,20)11-5-3-10(4-6-11)15-9(2)17/h3-6,8,14,18H,7H2,1-2H3,(H2,13,16)(H,15,17). The van der Waals surface area contributed by atoms with Gasteiger partial charge >= 0.3 is 0 Å². The molecule has 0 aliphatic rings. The van der Waals surface area contributed by atoms with Gasteiger partial charge in [0.05, 0.1) is 4.90 Å². The molecule has 1 atom stereocenters. The van der Waals surface area contributed by atoms with Gasteiger partial charge in [0.15, 0.2) is 0 Å². The topological polar surface area (TPSA) is 134 Å². The van der Waals surface area contributed by atoms with Crippen LogP contribution in [0.1, 0.15) is 13.8 Å². The third-order valence-corrected chi connectivity index (χ3v) is 4.12. The van der Waals surface area contributed by atoms with Crippen LogP contribution in [0.15, 0.2) is 34.3 Å². The Morgan fingerprint density at radius 1 is 1.38 bits per heavy atom. The molecule has 1 unspecified atom stereocenters. The molecule has 0 aliphatic heterocycles. The van der Waals surface area contributed by atoms with E-state index in [2.05, 4.69) is 15.2 Å². The van der Waals surface area contributed by atoms with E-state index < -0.39 is 15.9 Å². The number of amides is 1. The minimum absolute atomic E-state index is 0.00563. The predicted molar refractivity (Wildman–Crippen MR) is 78.5 cm³/mol. The van der Waals surface area contributed by atoms with Crippen molar-refractivity contribution in [2.75, 3.05) is 11.9 Å². The normalized spacial score (nSPS) is 13.7. The van der Waals surface area contributed by atoms with Crippen LogP contribution in [0.25, 0.3) is 0 Å². The van der Waals surface area contributed by atoms with E-state index in [-0.39, 0.29) is 23.2 Å². The van der Waals surface area contributed by atoms with Crippen LogP contribution in [0, 0.1) is 5.92 Å². The van der Waals surface area contributed by atoms with Crippen molar-refractivity contribution in [3.05, 3.63) is 24.3 Å². The summed E-state index contributed by atoms with van der Waals surface area (Å²) in [6, 6.07) is 5.73. The molecule has 5 N–H and O–H groups in total. The Morgan fingerprint density at radius 3 is 2.43 bits per heavy atom. The second kappa shape index (κ2) is 7.04. The fourth-order valence-electron chi connectivity index (χ4n) is 1.44. The number of sulfonamides is 1. The number of nitrogens with zero attached hydrogens (tertiary/aromatic N) is 1. The largest absolute Gasteiger partial charge is 0.409 e. The van der Waals surface area contributed by atoms with Crippen molar-refractivity contribution >= 4 is 27.5 Å². The van der Waals surface area contributed by atoms with E-state index in [1.165, 1.54) is 31.2 Å². The first-order valence-corrected chi connectivity index (χ1v) is 7.59. The molecule has 0 bridgehead atoms. The zero-order valence-electron chi connectivity index (χ0n) is 11.7. The molecule has 1 aromatic carbocycles. The lowest BCUT2D eigenvalue weighted by Crippen LogP contribution is -2.34. The first-order chi connectivity index (χ1) is 9.76. The molecule has 0 saturated carbocycles. The minimum Gasteiger partial charge on any atom is -0.409 e. The molecule has 8 nitrogen and oxygen atoms in total. The number of carbonyl (C=O) groups excluding carboxylic acids is 1. The van der Waals surface area contributed by atoms with Gasteiger partial charge in [0, 0.05) is 25.1 Å². The van der Waals surface area contributed by atoms with Gasteiger partial charge in [-0.1, -0.05) is 12.1 Å². The van der Waals surface area contributed by atoms with E-state index in [1.807, 2.05) is 0 Å². The van der Waals surface area contributed by atoms with E-state index in [9.17, 15) is 13.2 Å². The third kappa shape index (κ3) is 5.04. The number of anilines is 1. The van der Waals surface area contributed by atoms with Crippen LogP contribution in [0.3, 0.4) is 0 Å². The first-order valence-electron chi connectivity index (χ1n) is 6.11. The molecule has 0 aromatic heterocycles. The van der Waals surface area contributed by atoms with Gasteiger partial charge in [-0.2, -0.15) is 0 Å². The molecular formula is C12H18N4O4S. The molecule has 0 saturated heterocycles. The Hall–Kier alpha value is -2.13. The van der Waals surface area contributed by atoms with Crippen LogP contribution in [-0.4, -0.2) is 31.9 Å². The Bertz CT molecular complexity index is 625. The highest BCUT2D eigenvalue weighted by Gasteiger charge is 2.16. The average Bonchev–Trinajstić information content (AvgIpc) is 2.44. The smallest absolute Gasteiger partial charge is 0.240 e. The highest BCUT2D eigenvalue weighted by molar-refractivity contribution is 7.89. The molecule has 0 aliphatic carbocycles. The summed E-state index contributed by atoms with van der Waals surface area (Å²) < 4.78 is 26.4. The first kappa shape index (κ1) is 16.9. The Kier molecular flexibility index (Phi) is 5.68. The maximum Gasteiger partial charge on any atom is 0.240 e. The molecule has 0 heterocycles. The van der Waals surface area contributed by atoms with Gasteiger partial charge in [0.1, 0.15) is 5.84 Å². The van der Waals surface area contributed by atoms with Gasteiger partial charge in [0.25, 0.3) is 0 Å². The number of nitrogens with one attached hydrogen (secondary N) is 2. The fourth-order valence-corrected chi connectivity index (χ4v) is 2.57. The molecule has 0 radical (unpaired) electrons. The third-order valence-electron chi connectivity index (χ3n) is 2.68. The van der Waals surface area contributed by atoms with Crippen LogP contribution >= 0.6 is 0 Å². The van der Waals surface area contributed by atoms with Gasteiger partial charge in [-0.3, -0.25) is 4.79 Å². The number of amidine groups is 1. The lowest BCUT2D eigenvalue weighted by molar-refractivity contribution is -0.114. The van der Waals surface area contributed by atoms with E-state index in [4.69, 9.17) is 10.9 Å². The maximum absolute atomic E-state index is 12.0. The Morgan fingerprint density at radius 2 is 1.95 bits per heavy atom.